The van der Waals surface area contributed by atoms with Crippen molar-refractivity contribution in [2.75, 3.05) is 7.11 Å². The normalized spacial score (nSPS) is 19.9. The van der Waals surface area contributed by atoms with Gasteiger partial charge in [-0.1, -0.05) is 12.1 Å². The molecule has 19 heavy (non-hydrogen) atoms. The van der Waals surface area contributed by atoms with E-state index in [0.717, 1.165) is 0 Å². The molecule has 0 saturated heterocycles. The van der Waals surface area contributed by atoms with Gasteiger partial charge in [-0.3, -0.25) is 0 Å². The predicted molar refractivity (Wildman–Crippen MR) is 55.8 cm³/mol. The van der Waals surface area contributed by atoms with Crippen LogP contribution in [0.5, 0.6) is 5.75 Å². The molecular formula is C12H9F5O2. The van der Waals surface area contributed by atoms with E-state index >= 15 is 0 Å². The Hall–Kier alpha value is -1.79. The maximum absolute atomic E-state index is 12.9. The lowest BCUT2D eigenvalue weighted by Crippen LogP contribution is -2.53. The topological polar surface area (TPSA) is 18.5 Å². The predicted octanol–water partition coefficient (Wildman–Crippen LogP) is 3.68. The maximum atomic E-state index is 12.9. The summed E-state index contributed by atoms with van der Waals surface area (Å²) < 4.78 is 72.9. The van der Waals surface area contributed by atoms with Crippen molar-refractivity contribution in [1.82, 2.24) is 0 Å². The standard InChI is InChI=1S/C12H9F5O2/c1-18-8-4-2-3-7(5-8)6-19-10-9(13)11(14,15)12(10,16)17/h2-5H,6H2,1H3. The molecule has 2 rings (SSSR count). The van der Waals surface area contributed by atoms with E-state index < -0.39 is 30.0 Å². The fourth-order valence-electron chi connectivity index (χ4n) is 1.57. The van der Waals surface area contributed by atoms with Crippen molar-refractivity contribution in [3.8, 4) is 5.75 Å². The quantitative estimate of drug-likeness (QED) is 0.783. The van der Waals surface area contributed by atoms with Crippen LogP contribution in [0.2, 0.25) is 0 Å². The fraction of sp³-hybridized carbons (Fsp3) is 0.333. The van der Waals surface area contributed by atoms with E-state index in [1.165, 1.54) is 19.2 Å². The van der Waals surface area contributed by atoms with Crippen LogP contribution in [0.1, 0.15) is 5.56 Å². The summed E-state index contributed by atoms with van der Waals surface area (Å²) in [5.41, 5.74) is 0.394. The number of allylic oxidation sites excluding steroid dienone is 2. The van der Waals surface area contributed by atoms with Gasteiger partial charge in [-0.15, -0.1) is 0 Å². The Bertz CT molecular complexity index is 525. The van der Waals surface area contributed by atoms with Gasteiger partial charge in [0.2, 0.25) is 11.6 Å². The molecule has 0 aliphatic heterocycles. The van der Waals surface area contributed by atoms with Gasteiger partial charge < -0.3 is 9.47 Å². The highest BCUT2D eigenvalue weighted by Gasteiger charge is 2.74. The minimum atomic E-state index is -4.78. The van der Waals surface area contributed by atoms with Crippen LogP contribution < -0.4 is 4.74 Å². The molecule has 0 saturated carbocycles. The molecule has 7 heteroatoms. The fourth-order valence-corrected chi connectivity index (χ4v) is 1.57. The minimum Gasteiger partial charge on any atom is -0.497 e. The molecule has 0 amide bonds. The number of halogens is 5. The highest BCUT2D eigenvalue weighted by atomic mass is 19.3. The summed E-state index contributed by atoms with van der Waals surface area (Å²) in [4.78, 5) is 0. The van der Waals surface area contributed by atoms with E-state index in [2.05, 4.69) is 4.74 Å². The molecule has 1 aromatic rings. The van der Waals surface area contributed by atoms with E-state index in [-0.39, 0.29) is 0 Å². The third-order valence-corrected chi connectivity index (χ3v) is 2.67. The molecule has 0 radical (unpaired) electrons. The molecule has 1 aliphatic carbocycles. The lowest BCUT2D eigenvalue weighted by molar-refractivity contribution is -0.233. The highest BCUT2D eigenvalue weighted by Crippen LogP contribution is 2.56. The molecule has 104 valence electrons. The number of rotatable bonds is 4. The molecule has 0 unspecified atom stereocenters. The number of hydrogen-bond donors (Lipinski definition) is 0. The van der Waals surface area contributed by atoms with Crippen molar-refractivity contribution in [1.29, 1.82) is 0 Å². The zero-order valence-electron chi connectivity index (χ0n) is 9.72. The van der Waals surface area contributed by atoms with Crippen LogP contribution in [0.25, 0.3) is 0 Å². The van der Waals surface area contributed by atoms with E-state index in [9.17, 15) is 22.0 Å². The van der Waals surface area contributed by atoms with Crippen molar-refractivity contribution < 1.29 is 31.4 Å². The molecule has 0 bridgehead atoms. The Morgan fingerprint density at radius 3 is 2.37 bits per heavy atom. The minimum absolute atomic E-state index is 0.394. The van der Waals surface area contributed by atoms with Crippen LogP contribution in [-0.2, 0) is 11.3 Å². The summed E-state index contributed by atoms with van der Waals surface area (Å²) in [6.45, 7) is -0.453. The monoisotopic (exact) mass is 280 g/mol. The molecule has 0 fully saturated rings. The average molecular weight is 280 g/mol. The Balaban J connectivity index is 2.10. The van der Waals surface area contributed by atoms with Crippen LogP contribution in [0, 0.1) is 0 Å². The van der Waals surface area contributed by atoms with Crippen molar-refractivity contribution >= 4 is 0 Å². The maximum Gasteiger partial charge on any atom is 0.375 e. The van der Waals surface area contributed by atoms with Crippen LogP contribution in [0.4, 0.5) is 22.0 Å². The van der Waals surface area contributed by atoms with Crippen molar-refractivity contribution in [3.63, 3.8) is 0 Å². The SMILES string of the molecule is COc1cccc(COC2=C(F)C(F)(F)C2(F)F)c1. The first-order chi connectivity index (χ1) is 8.80. The molecule has 0 heterocycles. The van der Waals surface area contributed by atoms with Gasteiger partial charge in [0.1, 0.15) is 12.4 Å². The highest BCUT2D eigenvalue weighted by molar-refractivity contribution is 5.36. The number of hydrogen-bond acceptors (Lipinski definition) is 2. The zero-order chi connectivity index (χ0) is 14.3. The van der Waals surface area contributed by atoms with E-state index in [1.807, 2.05) is 0 Å². The number of ether oxygens (including phenoxy) is 2. The van der Waals surface area contributed by atoms with Gasteiger partial charge in [0.05, 0.1) is 7.11 Å². The number of benzene rings is 1. The van der Waals surface area contributed by atoms with Crippen LogP contribution in [-0.4, -0.2) is 19.0 Å². The van der Waals surface area contributed by atoms with Crippen molar-refractivity contribution in [3.05, 3.63) is 41.4 Å². The Labute approximate surface area is 105 Å². The third-order valence-electron chi connectivity index (χ3n) is 2.67. The van der Waals surface area contributed by atoms with Crippen LogP contribution in [0.15, 0.2) is 35.9 Å². The second-order valence-corrected chi connectivity index (χ2v) is 3.93. The summed E-state index contributed by atoms with van der Waals surface area (Å²) in [6, 6.07) is 6.15. The molecule has 1 aliphatic rings. The summed E-state index contributed by atoms with van der Waals surface area (Å²) in [5, 5.41) is 0. The van der Waals surface area contributed by atoms with Gasteiger partial charge in [-0.25, -0.2) is 4.39 Å². The van der Waals surface area contributed by atoms with Gasteiger partial charge in [0, 0.05) is 0 Å². The zero-order valence-corrected chi connectivity index (χ0v) is 9.72. The first-order valence-electron chi connectivity index (χ1n) is 5.23. The molecule has 1 aromatic carbocycles. The first kappa shape index (κ1) is 13.6. The van der Waals surface area contributed by atoms with E-state index in [4.69, 9.17) is 4.74 Å². The lowest BCUT2D eigenvalue weighted by atomic mass is 9.96. The van der Waals surface area contributed by atoms with Crippen molar-refractivity contribution in [2.24, 2.45) is 0 Å². The second kappa shape index (κ2) is 4.40. The van der Waals surface area contributed by atoms with Crippen molar-refractivity contribution in [2.45, 2.75) is 18.5 Å². The Morgan fingerprint density at radius 2 is 1.79 bits per heavy atom. The first-order valence-corrected chi connectivity index (χ1v) is 5.23. The molecule has 0 aromatic heterocycles. The largest absolute Gasteiger partial charge is 0.497 e. The third kappa shape index (κ3) is 2.02. The lowest BCUT2D eigenvalue weighted by Gasteiger charge is -2.35. The summed E-state index contributed by atoms with van der Waals surface area (Å²) in [5.74, 6) is -12.8. The summed E-state index contributed by atoms with van der Waals surface area (Å²) in [6.07, 6.45) is 0. The van der Waals surface area contributed by atoms with E-state index in [0.29, 0.717) is 11.3 Å². The van der Waals surface area contributed by atoms with Gasteiger partial charge in [-0.05, 0) is 17.7 Å². The van der Waals surface area contributed by atoms with Crippen LogP contribution >= 0.6 is 0 Å². The molecule has 0 spiro atoms. The molecular weight excluding hydrogens is 271 g/mol. The van der Waals surface area contributed by atoms with Gasteiger partial charge >= 0.3 is 11.8 Å². The summed E-state index contributed by atoms with van der Waals surface area (Å²) in [7, 11) is 1.41. The molecule has 2 nitrogen and oxygen atoms in total. The number of methoxy groups -OCH3 is 1. The smallest absolute Gasteiger partial charge is 0.375 e. The number of alkyl halides is 4. The van der Waals surface area contributed by atoms with E-state index in [1.54, 1.807) is 12.1 Å². The Morgan fingerprint density at radius 1 is 1.11 bits per heavy atom. The second-order valence-electron chi connectivity index (χ2n) is 3.93. The Kier molecular flexibility index (Phi) is 3.15. The molecule has 0 N–H and O–H groups in total. The summed E-state index contributed by atoms with van der Waals surface area (Å²) >= 11 is 0. The van der Waals surface area contributed by atoms with Gasteiger partial charge in [-0.2, -0.15) is 17.6 Å². The van der Waals surface area contributed by atoms with Gasteiger partial charge in [0.25, 0.3) is 0 Å². The van der Waals surface area contributed by atoms with Gasteiger partial charge in [0.15, 0.2) is 0 Å². The molecule has 0 atom stereocenters. The van der Waals surface area contributed by atoms with Crippen LogP contribution in [0.3, 0.4) is 0 Å². The average Bonchev–Trinajstić information content (AvgIpc) is 2.38.